The van der Waals surface area contributed by atoms with E-state index in [2.05, 4.69) is 30.7 Å². The minimum atomic E-state index is -0.649. The van der Waals surface area contributed by atoms with E-state index in [1.54, 1.807) is 6.20 Å². The Balaban J connectivity index is 1.62. The van der Waals surface area contributed by atoms with Gasteiger partial charge >= 0.3 is 0 Å². The average Bonchev–Trinajstić information content (AvgIpc) is 3.63. The normalized spacial score (nSPS) is 23.1. The van der Waals surface area contributed by atoms with E-state index in [-0.39, 0.29) is 22.7 Å². The molecule has 38 heavy (non-hydrogen) atoms. The maximum Gasteiger partial charge on any atom is 0.253 e. The second-order valence-corrected chi connectivity index (χ2v) is 14.0. The van der Waals surface area contributed by atoms with E-state index in [0.717, 1.165) is 35.5 Å². The molecular weight excluding hydrogens is 537 g/mol. The zero-order valence-corrected chi connectivity index (χ0v) is 24.6. The smallest absolute Gasteiger partial charge is 0.253 e. The summed E-state index contributed by atoms with van der Waals surface area (Å²) < 4.78 is 8.80. The van der Waals surface area contributed by atoms with Crippen molar-refractivity contribution in [1.82, 2.24) is 14.5 Å². The topological polar surface area (TPSA) is 47.4 Å². The van der Waals surface area contributed by atoms with Gasteiger partial charge in [0.25, 0.3) is 5.91 Å². The van der Waals surface area contributed by atoms with Crippen molar-refractivity contribution in [3.63, 3.8) is 0 Å². The van der Waals surface area contributed by atoms with Gasteiger partial charge in [0, 0.05) is 52.4 Å². The molecule has 2 fully saturated rings. The van der Waals surface area contributed by atoms with Gasteiger partial charge in [0.2, 0.25) is 0 Å². The molecule has 1 amide bonds. The molecule has 1 aliphatic heterocycles. The van der Waals surface area contributed by atoms with Crippen molar-refractivity contribution < 1.29 is 9.53 Å². The third-order valence-corrected chi connectivity index (χ3v) is 9.18. The molecule has 0 bridgehead atoms. The highest BCUT2D eigenvalue weighted by molar-refractivity contribution is 8.00. The first kappa shape index (κ1) is 27.6. The summed E-state index contributed by atoms with van der Waals surface area (Å²) in [4.78, 5) is 21.1. The molecule has 202 valence electrons. The van der Waals surface area contributed by atoms with E-state index in [9.17, 15) is 4.79 Å². The lowest BCUT2D eigenvalue weighted by atomic mass is 9.89. The minimum Gasteiger partial charge on any atom is -0.357 e. The predicted molar refractivity (Wildman–Crippen MR) is 156 cm³/mol. The van der Waals surface area contributed by atoms with E-state index >= 15 is 0 Å². The van der Waals surface area contributed by atoms with Crippen molar-refractivity contribution in [2.24, 2.45) is 13.0 Å². The first-order chi connectivity index (χ1) is 18.1. The molecule has 1 aliphatic carbocycles. The van der Waals surface area contributed by atoms with Crippen LogP contribution in [-0.2, 0) is 23.0 Å². The SMILES string of the molecule is Cn1ccnc1C[C@H]1O[C@H](c2cccc(Cl)c2)[C@@H](c2ccc(Cl)cc2)N([C@H](CSC(C)(C)C)C2CC2)C1=O. The third-order valence-electron chi connectivity index (χ3n) is 7.32. The van der Waals surface area contributed by atoms with Gasteiger partial charge in [-0.3, -0.25) is 4.79 Å². The zero-order valence-electron chi connectivity index (χ0n) is 22.3. The van der Waals surface area contributed by atoms with Crippen molar-refractivity contribution in [1.29, 1.82) is 0 Å². The molecule has 8 heteroatoms. The summed E-state index contributed by atoms with van der Waals surface area (Å²) in [5.41, 5.74) is 1.97. The van der Waals surface area contributed by atoms with E-state index in [4.69, 9.17) is 27.9 Å². The zero-order chi connectivity index (χ0) is 27.0. The molecule has 0 N–H and O–H groups in total. The summed E-state index contributed by atoms with van der Waals surface area (Å²) in [5, 5.41) is 1.31. The molecule has 1 saturated heterocycles. The average molecular weight is 573 g/mol. The molecule has 1 saturated carbocycles. The van der Waals surface area contributed by atoms with E-state index in [1.165, 1.54) is 0 Å². The number of ether oxygens (including phenoxy) is 1. The Hall–Kier alpha value is -1.99. The Morgan fingerprint density at radius 3 is 2.42 bits per heavy atom. The fourth-order valence-corrected chi connectivity index (χ4v) is 6.65. The van der Waals surface area contributed by atoms with Crippen LogP contribution in [-0.4, -0.2) is 43.0 Å². The molecule has 0 unspecified atom stereocenters. The van der Waals surface area contributed by atoms with Gasteiger partial charge in [0.1, 0.15) is 18.0 Å². The first-order valence-corrected chi connectivity index (χ1v) is 14.9. The van der Waals surface area contributed by atoms with Crippen LogP contribution in [0.3, 0.4) is 0 Å². The molecule has 1 aromatic heterocycles. The van der Waals surface area contributed by atoms with Crippen LogP contribution < -0.4 is 0 Å². The van der Waals surface area contributed by atoms with Crippen LogP contribution in [0.1, 0.15) is 62.7 Å². The maximum absolute atomic E-state index is 14.5. The number of amides is 1. The lowest BCUT2D eigenvalue weighted by molar-refractivity contribution is -0.179. The molecule has 5 rings (SSSR count). The molecule has 2 aliphatic rings. The molecule has 5 nitrogen and oxygen atoms in total. The van der Waals surface area contributed by atoms with Crippen molar-refractivity contribution >= 4 is 40.9 Å². The lowest BCUT2D eigenvalue weighted by Crippen LogP contribution is -2.57. The number of aryl methyl sites for hydroxylation is 1. The van der Waals surface area contributed by atoms with Crippen molar-refractivity contribution in [3.8, 4) is 0 Å². The van der Waals surface area contributed by atoms with Gasteiger partial charge in [-0.25, -0.2) is 4.98 Å². The van der Waals surface area contributed by atoms with Crippen LogP contribution in [0.15, 0.2) is 60.9 Å². The number of thioether (sulfide) groups is 1. The summed E-state index contributed by atoms with van der Waals surface area (Å²) in [6.45, 7) is 6.70. The highest BCUT2D eigenvalue weighted by Gasteiger charge is 2.50. The van der Waals surface area contributed by atoms with Crippen LogP contribution in [0.2, 0.25) is 10.0 Å². The number of carbonyl (C=O) groups is 1. The number of rotatable bonds is 8. The van der Waals surface area contributed by atoms with Crippen LogP contribution in [0, 0.1) is 5.92 Å². The largest absolute Gasteiger partial charge is 0.357 e. The van der Waals surface area contributed by atoms with Gasteiger partial charge in [0.15, 0.2) is 0 Å². The molecule has 2 heterocycles. The predicted octanol–water partition coefficient (Wildman–Crippen LogP) is 7.29. The van der Waals surface area contributed by atoms with E-state index in [0.29, 0.717) is 22.4 Å². The fourth-order valence-electron chi connectivity index (χ4n) is 5.22. The summed E-state index contributed by atoms with van der Waals surface area (Å²) in [7, 11) is 1.95. The van der Waals surface area contributed by atoms with Gasteiger partial charge in [-0.05, 0) is 54.2 Å². The molecule has 3 aromatic rings. The quantitative estimate of drug-likeness (QED) is 0.285. The number of halogens is 2. The number of imidazole rings is 1. The molecule has 0 radical (unpaired) electrons. The van der Waals surface area contributed by atoms with E-state index in [1.807, 2.05) is 78.1 Å². The number of benzene rings is 2. The number of hydrogen-bond donors (Lipinski definition) is 0. The molecule has 0 spiro atoms. The van der Waals surface area contributed by atoms with Crippen LogP contribution >= 0.6 is 35.0 Å². The highest BCUT2D eigenvalue weighted by Crippen LogP contribution is 2.49. The van der Waals surface area contributed by atoms with Crippen molar-refractivity contribution in [2.45, 2.75) is 69.1 Å². The van der Waals surface area contributed by atoms with Crippen LogP contribution in [0.25, 0.3) is 0 Å². The second kappa shape index (κ2) is 11.2. The third kappa shape index (κ3) is 6.25. The maximum atomic E-state index is 14.5. The highest BCUT2D eigenvalue weighted by atomic mass is 35.5. The number of hydrogen-bond acceptors (Lipinski definition) is 4. The van der Waals surface area contributed by atoms with Gasteiger partial charge in [0.05, 0.1) is 6.04 Å². The second-order valence-electron chi connectivity index (χ2n) is 11.3. The number of carbonyl (C=O) groups excluding carboxylic acids is 1. The van der Waals surface area contributed by atoms with E-state index < -0.39 is 12.2 Å². The van der Waals surface area contributed by atoms with Crippen LogP contribution in [0.4, 0.5) is 0 Å². The first-order valence-electron chi connectivity index (χ1n) is 13.2. The summed E-state index contributed by atoms with van der Waals surface area (Å²) in [6.07, 6.45) is 5.31. The number of aromatic nitrogens is 2. The Labute approximate surface area is 239 Å². The van der Waals surface area contributed by atoms with Gasteiger partial charge in [-0.2, -0.15) is 11.8 Å². The van der Waals surface area contributed by atoms with Gasteiger partial charge in [-0.15, -0.1) is 0 Å². The van der Waals surface area contributed by atoms with Gasteiger partial charge in [-0.1, -0.05) is 68.2 Å². The summed E-state index contributed by atoms with van der Waals surface area (Å²) in [5.74, 6) is 2.21. The Morgan fingerprint density at radius 2 is 1.82 bits per heavy atom. The summed E-state index contributed by atoms with van der Waals surface area (Å²) >= 11 is 14.7. The Bertz CT molecular complexity index is 1270. The Morgan fingerprint density at radius 1 is 1.08 bits per heavy atom. The number of morpholine rings is 1. The van der Waals surface area contributed by atoms with Crippen molar-refractivity contribution in [2.75, 3.05) is 5.75 Å². The molecular formula is C30H35Cl2N3O2S. The Kier molecular flexibility index (Phi) is 8.16. The number of nitrogens with zero attached hydrogens (tertiary/aromatic N) is 3. The minimum absolute atomic E-state index is 0.0256. The van der Waals surface area contributed by atoms with Crippen LogP contribution in [0.5, 0.6) is 0 Å². The molecule has 4 atom stereocenters. The van der Waals surface area contributed by atoms with Gasteiger partial charge < -0.3 is 14.2 Å². The standard InChI is InChI=1S/C30H35Cl2N3O2S/c1-30(2,3)38-18-24(19-8-9-19)35-27(20-10-12-22(31)13-11-20)28(21-6-5-7-23(32)16-21)37-25(29(35)36)17-26-33-14-15-34(26)4/h5-7,10-16,19,24-25,27-28H,8-9,17-18H2,1-4H3/t24-,25-,27-,28-/m1/s1. The molecule has 2 aromatic carbocycles. The monoisotopic (exact) mass is 571 g/mol. The van der Waals surface area contributed by atoms with Crippen molar-refractivity contribution in [3.05, 3.63) is 87.9 Å². The fraction of sp³-hybridized carbons (Fsp3) is 0.467. The lowest BCUT2D eigenvalue weighted by Gasteiger charge is -2.48. The summed E-state index contributed by atoms with van der Waals surface area (Å²) in [6, 6.07) is 15.4.